The SMILES string of the molecule is O=C(Cc1cn2ccsc2n1)N1CC=C(c2ccccc2)CC1. The summed E-state index contributed by atoms with van der Waals surface area (Å²) in [7, 11) is 0. The summed E-state index contributed by atoms with van der Waals surface area (Å²) in [6.07, 6.45) is 7.37. The molecule has 0 unspecified atom stereocenters. The highest BCUT2D eigenvalue weighted by Crippen LogP contribution is 2.22. The molecule has 0 atom stereocenters. The molecular weight excluding hydrogens is 306 g/mol. The molecule has 0 aliphatic carbocycles. The second-order valence-electron chi connectivity index (χ2n) is 5.69. The van der Waals surface area contributed by atoms with Gasteiger partial charge < -0.3 is 4.90 Å². The molecule has 2 aromatic heterocycles. The number of carbonyl (C=O) groups excluding carboxylic acids is 1. The number of hydrogen-bond acceptors (Lipinski definition) is 3. The van der Waals surface area contributed by atoms with Gasteiger partial charge >= 0.3 is 0 Å². The molecule has 116 valence electrons. The molecule has 0 bridgehead atoms. The van der Waals surface area contributed by atoms with E-state index in [0.717, 1.165) is 23.6 Å². The van der Waals surface area contributed by atoms with Crippen LogP contribution in [0.25, 0.3) is 10.5 Å². The maximum absolute atomic E-state index is 12.5. The second kappa shape index (κ2) is 6.01. The maximum atomic E-state index is 12.5. The van der Waals surface area contributed by atoms with Crippen LogP contribution in [-0.2, 0) is 11.2 Å². The lowest BCUT2D eigenvalue weighted by Gasteiger charge is -2.26. The van der Waals surface area contributed by atoms with Gasteiger partial charge in [-0.05, 0) is 17.6 Å². The molecule has 0 saturated carbocycles. The fourth-order valence-electron chi connectivity index (χ4n) is 2.94. The van der Waals surface area contributed by atoms with Gasteiger partial charge in [0.05, 0.1) is 12.1 Å². The highest BCUT2D eigenvalue weighted by atomic mass is 32.1. The molecule has 23 heavy (non-hydrogen) atoms. The Morgan fingerprint density at radius 1 is 1.26 bits per heavy atom. The average molecular weight is 323 g/mol. The molecule has 1 aromatic carbocycles. The Labute approximate surface area is 138 Å². The van der Waals surface area contributed by atoms with Crippen LogP contribution in [0.15, 0.2) is 54.2 Å². The number of nitrogens with zero attached hydrogens (tertiary/aromatic N) is 3. The number of thiazole rings is 1. The third-order valence-electron chi connectivity index (χ3n) is 4.18. The van der Waals surface area contributed by atoms with Crippen molar-refractivity contribution in [2.75, 3.05) is 13.1 Å². The van der Waals surface area contributed by atoms with Gasteiger partial charge in [0.25, 0.3) is 0 Å². The normalized spacial score (nSPS) is 15.0. The summed E-state index contributed by atoms with van der Waals surface area (Å²) in [5.41, 5.74) is 3.44. The van der Waals surface area contributed by atoms with Crippen molar-refractivity contribution in [3.8, 4) is 0 Å². The van der Waals surface area contributed by atoms with Gasteiger partial charge in [0.1, 0.15) is 0 Å². The number of amides is 1. The molecule has 1 aliphatic heterocycles. The van der Waals surface area contributed by atoms with Gasteiger partial charge in [0.15, 0.2) is 4.96 Å². The highest BCUT2D eigenvalue weighted by Gasteiger charge is 2.19. The number of fused-ring (bicyclic) bond motifs is 1. The number of benzene rings is 1. The number of hydrogen-bond donors (Lipinski definition) is 0. The molecule has 0 radical (unpaired) electrons. The molecule has 1 amide bonds. The zero-order valence-corrected chi connectivity index (χ0v) is 13.5. The minimum atomic E-state index is 0.152. The summed E-state index contributed by atoms with van der Waals surface area (Å²) >= 11 is 1.59. The van der Waals surface area contributed by atoms with E-state index in [9.17, 15) is 4.79 Å². The predicted molar refractivity (Wildman–Crippen MR) is 92.4 cm³/mol. The third kappa shape index (κ3) is 2.92. The molecule has 3 aromatic rings. The van der Waals surface area contributed by atoms with Crippen LogP contribution < -0.4 is 0 Å². The van der Waals surface area contributed by atoms with Gasteiger partial charge in [-0.15, -0.1) is 11.3 Å². The van der Waals surface area contributed by atoms with Crippen LogP contribution in [0.3, 0.4) is 0 Å². The first kappa shape index (κ1) is 14.2. The topological polar surface area (TPSA) is 37.6 Å². The molecular formula is C18H17N3OS. The van der Waals surface area contributed by atoms with E-state index in [4.69, 9.17) is 0 Å². The van der Waals surface area contributed by atoms with Crippen molar-refractivity contribution in [1.29, 1.82) is 0 Å². The molecule has 1 aliphatic rings. The summed E-state index contributed by atoms with van der Waals surface area (Å²) in [6.45, 7) is 1.47. The number of imidazole rings is 1. The van der Waals surface area contributed by atoms with Crippen molar-refractivity contribution in [1.82, 2.24) is 14.3 Å². The maximum Gasteiger partial charge on any atom is 0.228 e. The Kier molecular flexibility index (Phi) is 3.71. The Bertz CT molecular complexity index is 834. The van der Waals surface area contributed by atoms with Crippen LogP contribution in [0.1, 0.15) is 17.7 Å². The van der Waals surface area contributed by atoms with Gasteiger partial charge in [0, 0.05) is 30.9 Å². The van der Waals surface area contributed by atoms with E-state index in [1.165, 1.54) is 11.1 Å². The third-order valence-corrected chi connectivity index (χ3v) is 4.95. The highest BCUT2D eigenvalue weighted by molar-refractivity contribution is 7.15. The molecule has 5 heteroatoms. The van der Waals surface area contributed by atoms with E-state index in [2.05, 4.69) is 35.3 Å². The number of rotatable bonds is 3. The molecule has 0 N–H and O–H groups in total. The lowest BCUT2D eigenvalue weighted by Crippen LogP contribution is -2.35. The van der Waals surface area contributed by atoms with Crippen LogP contribution in [0.5, 0.6) is 0 Å². The van der Waals surface area contributed by atoms with E-state index in [1.807, 2.05) is 33.1 Å². The van der Waals surface area contributed by atoms with E-state index < -0.39 is 0 Å². The summed E-state index contributed by atoms with van der Waals surface area (Å²) in [5.74, 6) is 0.152. The van der Waals surface area contributed by atoms with Gasteiger partial charge in [-0.25, -0.2) is 4.98 Å². The van der Waals surface area contributed by atoms with Crippen molar-refractivity contribution >= 4 is 27.8 Å². The van der Waals surface area contributed by atoms with Crippen LogP contribution >= 0.6 is 11.3 Å². The summed E-state index contributed by atoms with van der Waals surface area (Å²) in [6, 6.07) is 10.4. The summed E-state index contributed by atoms with van der Waals surface area (Å²) < 4.78 is 1.97. The molecule has 3 heterocycles. The first-order valence-corrected chi connectivity index (χ1v) is 8.61. The first-order valence-electron chi connectivity index (χ1n) is 7.73. The van der Waals surface area contributed by atoms with Gasteiger partial charge in [-0.2, -0.15) is 0 Å². The largest absolute Gasteiger partial charge is 0.338 e. The number of aromatic nitrogens is 2. The first-order chi connectivity index (χ1) is 11.3. The van der Waals surface area contributed by atoms with Crippen LogP contribution in [0.4, 0.5) is 0 Å². The summed E-state index contributed by atoms with van der Waals surface area (Å²) in [4.78, 5) is 19.8. The lowest BCUT2D eigenvalue weighted by atomic mass is 9.99. The minimum absolute atomic E-state index is 0.152. The van der Waals surface area contributed by atoms with E-state index in [0.29, 0.717) is 13.0 Å². The van der Waals surface area contributed by atoms with Crippen molar-refractivity contribution in [3.05, 3.63) is 65.4 Å². The average Bonchev–Trinajstić information content (AvgIpc) is 3.17. The Morgan fingerprint density at radius 3 is 2.87 bits per heavy atom. The van der Waals surface area contributed by atoms with Gasteiger partial charge in [0.2, 0.25) is 5.91 Å². The van der Waals surface area contributed by atoms with Gasteiger partial charge in [-0.3, -0.25) is 9.20 Å². The van der Waals surface area contributed by atoms with Crippen molar-refractivity contribution in [2.24, 2.45) is 0 Å². The minimum Gasteiger partial charge on any atom is -0.338 e. The lowest BCUT2D eigenvalue weighted by molar-refractivity contribution is -0.130. The molecule has 0 fully saturated rings. The van der Waals surface area contributed by atoms with Crippen molar-refractivity contribution in [2.45, 2.75) is 12.8 Å². The summed E-state index contributed by atoms with van der Waals surface area (Å²) in [5, 5.41) is 1.99. The van der Waals surface area contributed by atoms with Crippen molar-refractivity contribution < 1.29 is 4.79 Å². The van der Waals surface area contributed by atoms with Crippen LogP contribution in [-0.4, -0.2) is 33.3 Å². The van der Waals surface area contributed by atoms with E-state index in [1.54, 1.807) is 11.3 Å². The Hall–Kier alpha value is -2.40. The predicted octanol–water partition coefficient (Wildman–Crippen LogP) is 3.25. The van der Waals surface area contributed by atoms with Crippen LogP contribution in [0.2, 0.25) is 0 Å². The van der Waals surface area contributed by atoms with E-state index >= 15 is 0 Å². The molecule has 4 rings (SSSR count). The van der Waals surface area contributed by atoms with Crippen molar-refractivity contribution in [3.63, 3.8) is 0 Å². The molecule has 0 spiro atoms. The smallest absolute Gasteiger partial charge is 0.228 e. The fraction of sp³-hybridized carbons (Fsp3) is 0.222. The Balaban J connectivity index is 1.42. The quantitative estimate of drug-likeness (QED) is 0.742. The fourth-order valence-corrected chi connectivity index (χ4v) is 3.66. The van der Waals surface area contributed by atoms with Gasteiger partial charge in [-0.1, -0.05) is 36.4 Å². The second-order valence-corrected chi connectivity index (χ2v) is 6.56. The molecule has 0 saturated heterocycles. The Morgan fingerprint density at radius 2 is 2.13 bits per heavy atom. The number of carbonyl (C=O) groups is 1. The monoisotopic (exact) mass is 323 g/mol. The van der Waals surface area contributed by atoms with E-state index in [-0.39, 0.29) is 5.91 Å². The van der Waals surface area contributed by atoms with Crippen LogP contribution in [0, 0.1) is 0 Å². The molecule has 4 nitrogen and oxygen atoms in total. The zero-order valence-electron chi connectivity index (χ0n) is 12.7. The zero-order chi connectivity index (χ0) is 15.6. The standard InChI is InChI=1S/C18H17N3OS/c22-17(12-16-13-21-10-11-23-18(21)19-16)20-8-6-15(7-9-20)14-4-2-1-3-5-14/h1-6,10-11,13H,7-9,12H2.